The first-order chi connectivity index (χ1) is 8.40. The van der Waals surface area contributed by atoms with E-state index >= 15 is 0 Å². The van der Waals surface area contributed by atoms with Gasteiger partial charge in [-0.3, -0.25) is 14.9 Å². The second-order valence-corrected chi connectivity index (χ2v) is 4.26. The highest BCUT2D eigenvalue weighted by atomic mass is 16.6. The van der Waals surface area contributed by atoms with Gasteiger partial charge in [0.05, 0.1) is 4.92 Å². The summed E-state index contributed by atoms with van der Waals surface area (Å²) in [5.41, 5.74) is 1.24. The molecule has 1 aromatic rings. The summed E-state index contributed by atoms with van der Waals surface area (Å²) in [7, 11) is 0. The Morgan fingerprint density at radius 1 is 1.56 bits per heavy atom. The maximum atomic E-state index is 10.9. The van der Waals surface area contributed by atoms with Gasteiger partial charge in [0, 0.05) is 18.5 Å². The molecule has 1 rings (SSSR count). The number of carboxylic acids is 1. The third kappa shape index (κ3) is 4.04. The van der Waals surface area contributed by atoms with E-state index in [1.54, 1.807) is 26.0 Å². The third-order valence-corrected chi connectivity index (χ3v) is 2.54. The number of nitro groups is 1. The first kappa shape index (κ1) is 14.0. The van der Waals surface area contributed by atoms with Crippen LogP contribution in [0.1, 0.15) is 25.3 Å². The van der Waals surface area contributed by atoms with Gasteiger partial charge >= 0.3 is 5.97 Å². The summed E-state index contributed by atoms with van der Waals surface area (Å²) in [6.07, 6.45) is 0.453. The zero-order valence-electron chi connectivity index (χ0n) is 10.3. The molecular formula is C12H16N2O4. The maximum Gasteiger partial charge on any atom is 0.303 e. The Balaban J connectivity index is 2.77. The molecule has 0 aliphatic heterocycles. The molecule has 0 aromatic heterocycles. The molecule has 0 saturated carbocycles. The predicted molar refractivity (Wildman–Crippen MR) is 67.8 cm³/mol. The smallest absolute Gasteiger partial charge is 0.303 e. The molecule has 0 spiro atoms. The number of carboxylic acid groups (broad SMARTS) is 1. The molecule has 1 aromatic carbocycles. The molecule has 0 fully saturated rings. The molecule has 6 nitrogen and oxygen atoms in total. The minimum Gasteiger partial charge on any atom is -0.481 e. The van der Waals surface area contributed by atoms with Crippen molar-refractivity contribution in [3.8, 4) is 0 Å². The van der Waals surface area contributed by atoms with E-state index in [4.69, 9.17) is 5.11 Å². The highest BCUT2D eigenvalue weighted by Crippen LogP contribution is 2.26. The molecule has 6 heteroatoms. The number of hydrogen-bond acceptors (Lipinski definition) is 4. The number of aryl methyl sites for hydroxylation is 1. The molecule has 2 N–H and O–H groups in total. The lowest BCUT2D eigenvalue weighted by Crippen LogP contribution is -2.17. The average Bonchev–Trinajstić information content (AvgIpc) is 2.28. The fourth-order valence-corrected chi connectivity index (χ4v) is 1.59. The van der Waals surface area contributed by atoms with Crippen LogP contribution in [0.3, 0.4) is 0 Å². The Labute approximate surface area is 105 Å². The normalized spacial score (nSPS) is 11.9. The molecule has 0 radical (unpaired) electrons. The highest BCUT2D eigenvalue weighted by Gasteiger charge is 2.15. The van der Waals surface area contributed by atoms with Crippen LogP contribution in [0.5, 0.6) is 0 Å². The molecular weight excluding hydrogens is 236 g/mol. The van der Waals surface area contributed by atoms with E-state index in [-0.39, 0.29) is 18.2 Å². The number of nitro benzene ring substituents is 1. The lowest BCUT2D eigenvalue weighted by molar-refractivity contribution is -0.384. The van der Waals surface area contributed by atoms with Gasteiger partial charge in [0.1, 0.15) is 5.69 Å². The Morgan fingerprint density at radius 2 is 2.22 bits per heavy atom. The quantitative estimate of drug-likeness (QED) is 0.599. The number of rotatable bonds is 6. The van der Waals surface area contributed by atoms with Gasteiger partial charge in [-0.2, -0.15) is 0 Å². The van der Waals surface area contributed by atoms with E-state index in [2.05, 4.69) is 5.32 Å². The van der Waals surface area contributed by atoms with Gasteiger partial charge < -0.3 is 10.4 Å². The van der Waals surface area contributed by atoms with Crippen molar-refractivity contribution in [2.45, 2.75) is 32.7 Å². The first-order valence-electron chi connectivity index (χ1n) is 5.63. The Kier molecular flexibility index (Phi) is 4.65. The second-order valence-electron chi connectivity index (χ2n) is 4.26. The molecule has 0 heterocycles. The fraction of sp³-hybridized carbons (Fsp3) is 0.417. The number of aliphatic carboxylic acids is 1. The summed E-state index contributed by atoms with van der Waals surface area (Å²) >= 11 is 0. The summed E-state index contributed by atoms with van der Waals surface area (Å²) in [5.74, 6) is -0.873. The summed E-state index contributed by atoms with van der Waals surface area (Å²) in [6.45, 7) is 3.58. The van der Waals surface area contributed by atoms with E-state index < -0.39 is 10.9 Å². The van der Waals surface area contributed by atoms with E-state index in [9.17, 15) is 14.9 Å². The Morgan fingerprint density at radius 3 is 2.78 bits per heavy atom. The zero-order valence-corrected chi connectivity index (χ0v) is 10.3. The van der Waals surface area contributed by atoms with Gasteiger partial charge in [0.25, 0.3) is 5.69 Å². The van der Waals surface area contributed by atoms with Crippen LogP contribution >= 0.6 is 0 Å². The minimum atomic E-state index is -0.873. The van der Waals surface area contributed by atoms with Crippen molar-refractivity contribution in [1.82, 2.24) is 0 Å². The van der Waals surface area contributed by atoms with Crippen molar-refractivity contribution in [1.29, 1.82) is 0 Å². The molecule has 0 saturated heterocycles. The molecule has 0 aliphatic rings. The number of nitrogens with one attached hydrogen (secondary N) is 1. The maximum absolute atomic E-state index is 10.9. The number of nitrogens with zero attached hydrogens (tertiary/aromatic N) is 1. The molecule has 98 valence electrons. The third-order valence-electron chi connectivity index (χ3n) is 2.54. The predicted octanol–water partition coefficient (Wildman–Crippen LogP) is 2.57. The van der Waals surface area contributed by atoms with Crippen LogP contribution in [0.2, 0.25) is 0 Å². The SMILES string of the molecule is Cc1ccc(NC(C)CCC(=O)O)c([N+](=O)[O-])c1. The molecule has 18 heavy (non-hydrogen) atoms. The van der Waals surface area contributed by atoms with Crippen molar-refractivity contribution in [2.75, 3.05) is 5.32 Å². The lowest BCUT2D eigenvalue weighted by Gasteiger charge is -2.14. The highest BCUT2D eigenvalue weighted by molar-refractivity contribution is 5.67. The van der Waals surface area contributed by atoms with Crippen LogP contribution in [-0.4, -0.2) is 22.0 Å². The van der Waals surface area contributed by atoms with Crippen molar-refractivity contribution < 1.29 is 14.8 Å². The van der Waals surface area contributed by atoms with E-state index in [0.29, 0.717) is 12.1 Å². The van der Waals surface area contributed by atoms with Gasteiger partial charge in [-0.1, -0.05) is 6.07 Å². The van der Waals surface area contributed by atoms with Crippen molar-refractivity contribution >= 4 is 17.3 Å². The largest absolute Gasteiger partial charge is 0.481 e. The summed E-state index contributed by atoms with van der Waals surface area (Å²) in [5, 5.41) is 22.4. The number of hydrogen-bond donors (Lipinski definition) is 2. The van der Waals surface area contributed by atoms with Crippen molar-refractivity contribution in [3.63, 3.8) is 0 Å². The summed E-state index contributed by atoms with van der Waals surface area (Å²) in [4.78, 5) is 20.9. The number of anilines is 1. The van der Waals surface area contributed by atoms with Gasteiger partial charge in [-0.25, -0.2) is 0 Å². The lowest BCUT2D eigenvalue weighted by atomic mass is 10.1. The first-order valence-corrected chi connectivity index (χ1v) is 5.63. The van der Waals surface area contributed by atoms with Gasteiger partial charge in [-0.05, 0) is 31.9 Å². The summed E-state index contributed by atoms with van der Waals surface area (Å²) in [6, 6.07) is 4.78. The van der Waals surface area contributed by atoms with E-state index in [1.165, 1.54) is 6.07 Å². The molecule has 0 bridgehead atoms. The minimum absolute atomic E-state index is 0.0113. The fourth-order valence-electron chi connectivity index (χ4n) is 1.59. The summed E-state index contributed by atoms with van der Waals surface area (Å²) < 4.78 is 0. The molecule has 1 atom stereocenters. The van der Waals surface area contributed by atoms with Crippen LogP contribution in [0.25, 0.3) is 0 Å². The number of benzene rings is 1. The standard InChI is InChI=1S/C12H16N2O4/c1-8-3-5-10(11(7-8)14(17)18)13-9(2)4-6-12(15)16/h3,5,7,9,13H,4,6H2,1-2H3,(H,15,16). The molecule has 1 unspecified atom stereocenters. The topological polar surface area (TPSA) is 92.5 Å². The van der Waals surface area contributed by atoms with Crippen molar-refractivity contribution in [3.05, 3.63) is 33.9 Å². The Hall–Kier alpha value is -2.11. The van der Waals surface area contributed by atoms with E-state index in [1.807, 2.05) is 0 Å². The Bertz CT molecular complexity index is 459. The molecule has 0 amide bonds. The van der Waals surface area contributed by atoms with E-state index in [0.717, 1.165) is 5.56 Å². The van der Waals surface area contributed by atoms with Crippen LogP contribution in [0.15, 0.2) is 18.2 Å². The molecule has 0 aliphatic carbocycles. The zero-order chi connectivity index (χ0) is 13.7. The van der Waals surface area contributed by atoms with Crippen LogP contribution in [-0.2, 0) is 4.79 Å². The van der Waals surface area contributed by atoms with Crippen LogP contribution < -0.4 is 5.32 Å². The van der Waals surface area contributed by atoms with Crippen LogP contribution in [0.4, 0.5) is 11.4 Å². The average molecular weight is 252 g/mol. The van der Waals surface area contributed by atoms with Crippen molar-refractivity contribution in [2.24, 2.45) is 0 Å². The van der Waals surface area contributed by atoms with Gasteiger partial charge in [0.2, 0.25) is 0 Å². The van der Waals surface area contributed by atoms with Gasteiger partial charge in [0.15, 0.2) is 0 Å². The monoisotopic (exact) mass is 252 g/mol. The van der Waals surface area contributed by atoms with Crippen LogP contribution in [0, 0.1) is 17.0 Å². The van der Waals surface area contributed by atoms with Gasteiger partial charge in [-0.15, -0.1) is 0 Å². The number of carbonyl (C=O) groups is 1. The second kappa shape index (κ2) is 6.00.